The molecule has 1 amide bonds. The van der Waals surface area contributed by atoms with E-state index >= 15 is 0 Å². The SMILES string of the molecule is O=C(O)[C@H]1CCCC[C@@H]1C(=O)Nc1nc2ccccc2[nH]1. The Labute approximate surface area is 121 Å². The van der Waals surface area contributed by atoms with Gasteiger partial charge in [-0.05, 0) is 25.0 Å². The number of nitrogens with zero attached hydrogens (tertiary/aromatic N) is 1. The number of anilines is 1. The first-order valence-corrected chi connectivity index (χ1v) is 7.13. The molecule has 21 heavy (non-hydrogen) atoms. The lowest BCUT2D eigenvalue weighted by molar-refractivity contribution is -0.147. The number of aliphatic carboxylic acids is 1. The van der Waals surface area contributed by atoms with Crippen LogP contribution in [-0.4, -0.2) is 27.0 Å². The van der Waals surface area contributed by atoms with E-state index in [0.717, 1.165) is 23.9 Å². The van der Waals surface area contributed by atoms with Gasteiger partial charge in [0.2, 0.25) is 11.9 Å². The van der Waals surface area contributed by atoms with Gasteiger partial charge in [-0.15, -0.1) is 0 Å². The van der Waals surface area contributed by atoms with Crippen molar-refractivity contribution in [1.82, 2.24) is 9.97 Å². The zero-order chi connectivity index (χ0) is 14.8. The Bertz CT molecular complexity index is 647. The van der Waals surface area contributed by atoms with Crippen molar-refractivity contribution in [3.05, 3.63) is 24.3 Å². The van der Waals surface area contributed by atoms with Gasteiger partial charge in [0, 0.05) is 0 Å². The van der Waals surface area contributed by atoms with Crippen LogP contribution in [0.5, 0.6) is 0 Å². The number of carbonyl (C=O) groups excluding carboxylic acids is 1. The molecule has 0 saturated heterocycles. The Morgan fingerprint density at radius 2 is 1.90 bits per heavy atom. The molecule has 1 aliphatic rings. The van der Waals surface area contributed by atoms with Crippen molar-refractivity contribution in [1.29, 1.82) is 0 Å². The van der Waals surface area contributed by atoms with Crippen LogP contribution in [-0.2, 0) is 9.59 Å². The molecule has 0 bridgehead atoms. The van der Waals surface area contributed by atoms with Gasteiger partial charge in [-0.1, -0.05) is 25.0 Å². The largest absolute Gasteiger partial charge is 0.481 e. The van der Waals surface area contributed by atoms with Gasteiger partial charge in [-0.2, -0.15) is 0 Å². The van der Waals surface area contributed by atoms with E-state index in [1.807, 2.05) is 24.3 Å². The number of aromatic nitrogens is 2. The fourth-order valence-electron chi connectivity index (χ4n) is 2.96. The lowest BCUT2D eigenvalue weighted by atomic mass is 9.79. The first-order chi connectivity index (χ1) is 10.1. The van der Waals surface area contributed by atoms with Gasteiger partial charge in [0.05, 0.1) is 22.9 Å². The van der Waals surface area contributed by atoms with Crippen molar-refractivity contribution in [3.63, 3.8) is 0 Å². The smallest absolute Gasteiger partial charge is 0.307 e. The number of para-hydroxylation sites is 2. The molecule has 0 radical (unpaired) electrons. The first-order valence-electron chi connectivity index (χ1n) is 7.13. The van der Waals surface area contributed by atoms with E-state index < -0.39 is 17.8 Å². The highest BCUT2D eigenvalue weighted by Crippen LogP contribution is 2.31. The van der Waals surface area contributed by atoms with Crippen LogP contribution in [0.1, 0.15) is 25.7 Å². The van der Waals surface area contributed by atoms with Gasteiger partial charge in [-0.25, -0.2) is 4.98 Å². The van der Waals surface area contributed by atoms with Crippen molar-refractivity contribution < 1.29 is 14.7 Å². The van der Waals surface area contributed by atoms with Crippen LogP contribution >= 0.6 is 0 Å². The van der Waals surface area contributed by atoms with Crippen molar-refractivity contribution in [3.8, 4) is 0 Å². The van der Waals surface area contributed by atoms with Gasteiger partial charge in [0.1, 0.15) is 0 Å². The van der Waals surface area contributed by atoms with Crippen LogP contribution in [0, 0.1) is 11.8 Å². The maximum absolute atomic E-state index is 12.3. The average Bonchev–Trinajstić information content (AvgIpc) is 2.89. The minimum atomic E-state index is -0.889. The van der Waals surface area contributed by atoms with Crippen LogP contribution in [0.3, 0.4) is 0 Å². The van der Waals surface area contributed by atoms with Gasteiger partial charge in [-0.3, -0.25) is 14.9 Å². The Kier molecular flexibility index (Phi) is 3.60. The monoisotopic (exact) mass is 287 g/mol. The molecule has 1 saturated carbocycles. The fraction of sp³-hybridized carbons (Fsp3) is 0.400. The average molecular weight is 287 g/mol. The van der Waals surface area contributed by atoms with Crippen LogP contribution in [0.2, 0.25) is 0 Å². The third-order valence-electron chi connectivity index (χ3n) is 4.05. The van der Waals surface area contributed by atoms with E-state index in [0.29, 0.717) is 18.8 Å². The Morgan fingerprint density at radius 1 is 1.19 bits per heavy atom. The molecule has 1 fully saturated rings. The molecular weight excluding hydrogens is 270 g/mol. The number of H-pyrrole nitrogens is 1. The Balaban J connectivity index is 1.76. The van der Waals surface area contributed by atoms with Crippen molar-refractivity contribution >= 4 is 28.9 Å². The molecule has 2 aromatic rings. The fourth-order valence-corrected chi connectivity index (χ4v) is 2.96. The number of imidazole rings is 1. The minimum absolute atomic E-state index is 0.263. The Morgan fingerprint density at radius 3 is 2.62 bits per heavy atom. The van der Waals surface area contributed by atoms with E-state index in [1.54, 1.807) is 0 Å². The lowest BCUT2D eigenvalue weighted by Crippen LogP contribution is -2.36. The number of benzene rings is 1. The number of carboxylic acids is 1. The van der Waals surface area contributed by atoms with Crippen molar-refractivity contribution in [2.45, 2.75) is 25.7 Å². The number of aromatic amines is 1. The molecule has 6 nitrogen and oxygen atoms in total. The highest BCUT2D eigenvalue weighted by Gasteiger charge is 2.35. The zero-order valence-corrected chi connectivity index (χ0v) is 11.5. The summed E-state index contributed by atoms with van der Waals surface area (Å²) >= 11 is 0. The van der Waals surface area contributed by atoms with Crippen LogP contribution in [0.25, 0.3) is 11.0 Å². The van der Waals surface area contributed by atoms with Crippen molar-refractivity contribution in [2.75, 3.05) is 5.32 Å². The van der Waals surface area contributed by atoms with Crippen LogP contribution < -0.4 is 5.32 Å². The molecule has 110 valence electrons. The van der Waals surface area contributed by atoms with Gasteiger partial charge in [0.25, 0.3) is 0 Å². The summed E-state index contributed by atoms with van der Waals surface area (Å²) in [6.45, 7) is 0. The number of nitrogens with one attached hydrogen (secondary N) is 2. The van der Waals surface area contributed by atoms with Gasteiger partial charge >= 0.3 is 5.97 Å². The number of fused-ring (bicyclic) bond motifs is 1. The highest BCUT2D eigenvalue weighted by molar-refractivity contribution is 5.95. The number of rotatable bonds is 3. The molecule has 1 heterocycles. The van der Waals surface area contributed by atoms with E-state index in [4.69, 9.17) is 0 Å². The Hall–Kier alpha value is -2.37. The number of amides is 1. The standard InChI is InChI=1S/C15H17N3O3/c19-13(9-5-1-2-6-10(9)14(20)21)18-15-16-11-7-3-4-8-12(11)17-15/h3-4,7-10H,1-2,5-6H2,(H,20,21)(H2,16,17,18,19)/t9-,10-/m0/s1. The summed E-state index contributed by atoms with van der Waals surface area (Å²) in [5, 5.41) is 12.0. The number of hydrogen-bond donors (Lipinski definition) is 3. The second kappa shape index (κ2) is 5.55. The minimum Gasteiger partial charge on any atom is -0.481 e. The quantitative estimate of drug-likeness (QED) is 0.807. The third-order valence-corrected chi connectivity index (χ3v) is 4.05. The molecule has 0 aliphatic heterocycles. The van der Waals surface area contributed by atoms with Crippen LogP contribution in [0.15, 0.2) is 24.3 Å². The maximum atomic E-state index is 12.3. The molecule has 1 aliphatic carbocycles. The summed E-state index contributed by atoms with van der Waals surface area (Å²) in [6, 6.07) is 7.48. The first kappa shape index (κ1) is 13.6. The highest BCUT2D eigenvalue weighted by atomic mass is 16.4. The molecular formula is C15H17N3O3. The molecule has 0 spiro atoms. The molecule has 1 aromatic heterocycles. The van der Waals surface area contributed by atoms with E-state index in [-0.39, 0.29) is 5.91 Å². The number of hydrogen-bond acceptors (Lipinski definition) is 3. The predicted octanol–water partition coefficient (Wildman–Crippen LogP) is 2.39. The zero-order valence-electron chi connectivity index (χ0n) is 11.5. The summed E-state index contributed by atoms with van der Waals surface area (Å²) in [6.07, 6.45) is 2.93. The van der Waals surface area contributed by atoms with Crippen molar-refractivity contribution in [2.24, 2.45) is 11.8 Å². The van der Waals surface area contributed by atoms with Crippen LogP contribution in [0.4, 0.5) is 5.95 Å². The van der Waals surface area contributed by atoms with Gasteiger partial charge < -0.3 is 10.1 Å². The molecule has 3 rings (SSSR count). The second-order valence-corrected chi connectivity index (χ2v) is 5.43. The normalized spacial score (nSPS) is 22.1. The summed E-state index contributed by atoms with van der Waals surface area (Å²) in [7, 11) is 0. The summed E-state index contributed by atoms with van der Waals surface area (Å²) < 4.78 is 0. The second-order valence-electron chi connectivity index (χ2n) is 5.43. The number of carbonyl (C=O) groups is 2. The summed E-state index contributed by atoms with van der Waals surface area (Å²) in [4.78, 5) is 30.9. The topological polar surface area (TPSA) is 95.1 Å². The summed E-state index contributed by atoms with van der Waals surface area (Å²) in [5.74, 6) is -1.86. The predicted molar refractivity (Wildman–Crippen MR) is 77.8 cm³/mol. The number of carboxylic acid groups (broad SMARTS) is 1. The molecule has 6 heteroatoms. The van der Waals surface area contributed by atoms with Gasteiger partial charge in [0.15, 0.2) is 0 Å². The van der Waals surface area contributed by atoms with E-state index in [2.05, 4.69) is 15.3 Å². The van der Waals surface area contributed by atoms with E-state index in [9.17, 15) is 14.7 Å². The molecule has 3 N–H and O–H groups in total. The molecule has 0 unspecified atom stereocenters. The third kappa shape index (κ3) is 2.74. The van der Waals surface area contributed by atoms with E-state index in [1.165, 1.54) is 0 Å². The summed E-state index contributed by atoms with van der Waals surface area (Å²) in [5.41, 5.74) is 1.61. The maximum Gasteiger partial charge on any atom is 0.307 e. The molecule has 2 atom stereocenters. The molecule has 1 aromatic carbocycles. The lowest BCUT2D eigenvalue weighted by Gasteiger charge is -2.26.